The first-order chi connectivity index (χ1) is 10.1. The summed E-state index contributed by atoms with van der Waals surface area (Å²) in [7, 11) is 0. The molecular weight excluding hydrogens is 269 g/mol. The topological polar surface area (TPSA) is 41.5 Å². The van der Waals surface area contributed by atoms with E-state index in [9.17, 15) is 9.50 Å². The molecule has 0 heterocycles. The molecule has 1 aliphatic carbocycles. The fourth-order valence-corrected chi connectivity index (χ4v) is 2.91. The molecule has 118 valence electrons. The molecule has 0 amide bonds. The predicted octanol–water partition coefficient (Wildman–Crippen LogP) is 2.98. The largest absolute Gasteiger partial charge is 0.491 e. The average molecular weight is 295 g/mol. The summed E-state index contributed by atoms with van der Waals surface area (Å²) >= 11 is 0. The highest BCUT2D eigenvalue weighted by Crippen LogP contribution is 2.28. The van der Waals surface area contributed by atoms with Crippen molar-refractivity contribution in [2.45, 2.75) is 38.7 Å². The van der Waals surface area contributed by atoms with Crippen molar-refractivity contribution in [2.75, 3.05) is 19.7 Å². The molecule has 3 nitrogen and oxygen atoms in total. The Labute approximate surface area is 126 Å². The molecule has 4 heteroatoms. The molecule has 1 aromatic carbocycles. The van der Waals surface area contributed by atoms with Crippen LogP contribution >= 0.6 is 0 Å². The Hall–Kier alpha value is -1.13. The highest BCUT2D eigenvalue weighted by atomic mass is 19.1. The molecule has 1 aliphatic rings. The maximum atomic E-state index is 12.7. The van der Waals surface area contributed by atoms with Gasteiger partial charge in [0.1, 0.15) is 24.3 Å². The summed E-state index contributed by atoms with van der Waals surface area (Å²) < 4.78 is 18.2. The molecule has 1 fully saturated rings. The van der Waals surface area contributed by atoms with Gasteiger partial charge in [-0.05, 0) is 49.1 Å². The maximum Gasteiger partial charge on any atom is 0.123 e. The Bertz CT molecular complexity index is 410. The van der Waals surface area contributed by atoms with E-state index in [1.807, 2.05) is 0 Å². The van der Waals surface area contributed by atoms with Crippen molar-refractivity contribution in [3.63, 3.8) is 0 Å². The molecule has 21 heavy (non-hydrogen) atoms. The SMILES string of the molecule is CC1CCCCC1CNCC(O)COc1ccc(F)cc1. The van der Waals surface area contributed by atoms with E-state index >= 15 is 0 Å². The van der Waals surface area contributed by atoms with Crippen LogP contribution in [0.25, 0.3) is 0 Å². The molecule has 1 aromatic rings. The van der Waals surface area contributed by atoms with Gasteiger partial charge in [-0.15, -0.1) is 0 Å². The quantitative estimate of drug-likeness (QED) is 0.812. The smallest absolute Gasteiger partial charge is 0.123 e. The average Bonchev–Trinajstić information content (AvgIpc) is 2.49. The van der Waals surface area contributed by atoms with Gasteiger partial charge in [0, 0.05) is 6.54 Å². The molecule has 3 atom stereocenters. The number of rotatable bonds is 7. The van der Waals surface area contributed by atoms with Crippen molar-refractivity contribution in [3.8, 4) is 5.75 Å². The van der Waals surface area contributed by atoms with Crippen LogP contribution in [0, 0.1) is 17.7 Å². The second-order valence-corrected chi connectivity index (χ2v) is 6.10. The zero-order chi connectivity index (χ0) is 15.1. The minimum absolute atomic E-state index is 0.221. The summed E-state index contributed by atoms with van der Waals surface area (Å²) in [5, 5.41) is 13.2. The third-order valence-corrected chi connectivity index (χ3v) is 4.33. The fourth-order valence-electron chi connectivity index (χ4n) is 2.91. The molecule has 2 N–H and O–H groups in total. The zero-order valence-corrected chi connectivity index (χ0v) is 12.7. The number of hydrogen-bond acceptors (Lipinski definition) is 3. The van der Waals surface area contributed by atoms with Gasteiger partial charge in [0.15, 0.2) is 0 Å². The molecule has 3 unspecified atom stereocenters. The number of aliphatic hydroxyl groups is 1. The van der Waals surface area contributed by atoms with Crippen LogP contribution in [0.3, 0.4) is 0 Å². The summed E-state index contributed by atoms with van der Waals surface area (Å²) in [6, 6.07) is 5.84. The van der Waals surface area contributed by atoms with E-state index in [1.54, 1.807) is 12.1 Å². The number of benzene rings is 1. The zero-order valence-electron chi connectivity index (χ0n) is 12.7. The number of halogens is 1. The van der Waals surface area contributed by atoms with Crippen LogP contribution in [-0.4, -0.2) is 30.9 Å². The van der Waals surface area contributed by atoms with Crippen LogP contribution < -0.4 is 10.1 Å². The lowest BCUT2D eigenvalue weighted by Gasteiger charge is -2.29. The first-order valence-electron chi connectivity index (χ1n) is 7.92. The van der Waals surface area contributed by atoms with Gasteiger partial charge in [0.05, 0.1) is 0 Å². The monoisotopic (exact) mass is 295 g/mol. The molecule has 0 aromatic heterocycles. The van der Waals surface area contributed by atoms with E-state index in [-0.39, 0.29) is 12.4 Å². The number of nitrogens with one attached hydrogen (secondary N) is 1. The Morgan fingerprint density at radius 3 is 2.71 bits per heavy atom. The summed E-state index contributed by atoms with van der Waals surface area (Å²) in [4.78, 5) is 0. The minimum atomic E-state index is -0.547. The van der Waals surface area contributed by atoms with Crippen molar-refractivity contribution in [1.29, 1.82) is 0 Å². The molecule has 0 radical (unpaired) electrons. The molecule has 2 rings (SSSR count). The maximum absolute atomic E-state index is 12.7. The van der Waals surface area contributed by atoms with E-state index < -0.39 is 6.10 Å². The summed E-state index contributed by atoms with van der Waals surface area (Å²) in [6.45, 7) is 4.04. The van der Waals surface area contributed by atoms with E-state index in [2.05, 4.69) is 12.2 Å². The minimum Gasteiger partial charge on any atom is -0.491 e. The summed E-state index contributed by atoms with van der Waals surface area (Å²) in [6.07, 6.45) is 4.74. The van der Waals surface area contributed by atoms with Gasteiger partial charge in [-0.3, -0.25) is 0 Å². The number of aliphatic hydroxyl groups excluding tert-OH is 1. The van der Waals surface area contributed by atoms with Gasteiger partial charge < -0.3 is 15.2 Å². The highest BCUT2D eigenvalue weighted by molar-refractivity contribution is 5.22. The van der Waals surface area contributed by atoms with Crippen molar-refractivity contribution >= 4 is 0 Å². The van der Waals surface area contributed by atoms with Gasteiger partial charge in [-0.2, -0.15) is 0 Å². The van der Waals surface area contributed by atoms with Crippen molar-refractivity contribution in [1.82, 2.24) is 5.32 Å². The standard InChI is InChI=1S/C17H26FNO2/c1-13-4-2-3-5-14(13)10-19-11-16(20)12-21-17-8-6-15(18)7-9-17/h6-9,13-14,16,19-20H,2-5,10-12H2,1H3. The van der Waals surface area contributed by atoms with E-state index in [1.165, 1.54) is 37.8 Å². The summed E-state index contributed by atoms with van der Waals surface area (Å²) in [5.41, 5.74) is 0. The van der Waals surface area contributed by atoms with E-state index in [4.69, 9.17) is 4.74 Å². The van der Waals surface area contributed by atoms with Crippen LogP contribution in [0.1, 0.15) is 32.6 Å². The van der Waals surface area contributed by atoms with Gasteiger partial charge in [0.2, 0.25) is 0 Å². The second-order valence-electron chi connectivity index (χ2n) is 6.10. The third-order valence-electron chi connectivity index (χ3n) is 4.33. The molecule has 0 bridgehead atoms. The van der Waals surface area contributed by atoms with E-state index in [0.717, 1.165) is 18.4 Å². The lowest BCUT2D eigenvalue weighted by molar-refractivity contribution is 0.103. The molecule has 0 aliphatic heterocycles. The van der Waals surface area contributed by atoms with Crippen LogP contribution in [0.2, 0.25) is 0 Å². The third kappa shape index (κ3) is 5.64. The van der Waals surface area contributed by atoms with E-state index in [0.29, 0.717) is 12.3 Å². The highest BCUT2D eigenvalue weighted by Gasteiger charge is 2.20. The molecule has 0 spiro atoms. The summed E-state index contributed by atoms with van der Waals surface area (Å²) in [5.74, 6) is 1.80. The normalized spacial score (nSPS) is 23.8. The second kappa shape index (κ2) is 8.35. The van der Waals surface area contributed by atoms with Gasteiger partial charge in [-0.1, -0.05) is 26.2 Å². The Kier molecular flexibility index (Phi) is 6.46. The van der Waals surface area contributed by atoms with Crippen molar-refractivity contribution < 1.29 is 14.2 Å². The van der Waals surface area contributed by atoms with Gasteiger partial charge >= 0.3 is 0 Å². The fraction of sp³-hybridized carbons (Fsp3) is 0.647. The van der Waals surface area contributed by atoms with Crippen molar-refractivity contribution in [2.24, 2.45) is 11.8 Å². The van der Waals surface area contributed by atoms with Crippen LogP contribution in [0.4, 0.5) is 4.39 Å². The number of ether oxygens (including phenoxy) is 1. The van der Waals surface area contributed by atoms with Crippen molar-refractivity contribution in [3.05, 3.63) is 30.1 Å². The number of hydrogen-bond donors (Lipinski definition) is 2. The van der Waals surface area contributed by atoms with Gasteiger partial charge in [-0.25, -0.2) is 4.39 Å². The lowest BCUT2D eigenvalue weighted by atomic mass is 9.80. The Balaban J connectivity index is 1.61. The lowest BCUT2D eigenvalue weighted by Crippen LogP contribution is -2.36. The van der Waals surface area contributed by atoms with Crippen LogP contribution in [0.15, 0.2) is 24.3 Å². The Morgan fingerprint density at radius 1 is 1.29 bits per heavy atom. The first-order valence-corrected chi connectivity index (χ1v) is 7.92. The van der Waals surface area contributed by atoms with Crippen LogP contribution in [-0.2, 0) is 0 Å². The van der Waals surface area contributed by atoms with Gasteiger partial charge in [0.25, 0.3) is 0 Å². The predicted molar refractivity (Wildman–Crippen MR) is 81.9 cm³/mol. The van der Waals surface area contributed by atoms with Crippen LogP contribution in [0.5, 0.6) is 5.75 Å². The molecular formula is C17H26FNO2. The first kappa shape index (κ1) is 16.2. The molecule has 0 saturated heterocycles. The molecule has 1 saturated carbocycles. The Morgan fingerprint density at radius 2 is 2.00 bits per heavy atom.